The lowest BCUT2D eigenvalue weighted by Gasteiger charge is -2.22. The minimum atomic E-state index is -0.361. The molecule has 0 bridgehead atoms. The highest BCUT2D eigenvalue weighted by Gasteiger charge is 2.16. The Bertz CT molecular complexity index is 786. The summed E-state index contributed by atoms with van der Waals surface area (Å²) in [5.41, 5.74) is 0.242. The summed E-state index contributed by atoms with van der Waals surface area (Å²) in [5.74, 6) is -0.276. The van der Waals surface area contributed by atoms with E-state index in [0.29, 0.717) is 5.69 Å². The molecule has 2 aromatic rings. The number of carbonyl (C=O) groups is 1. The van der Waals surface area contributed by atoms with Gasteiger partial charge < -0.3 is 5.32 Å². The van der Waals surface area contributed by atoms with Gasteiger partial charge >= 0.3 is 0 Å². The zero-order chi connectivity index (χ0) is 17.6. The Morgan fingerprint density at radius 3 is 2.68 bits per heavy atom. The average molecular weight is 361 g/mol. The topological polar surface area (TPSA) is 64.0 Å². The van der Waals surface area contributed by atoms with Gasteiger partial charge in [0.15, 0.2) is 5.03 Å². The van der Waals surface area contributed by atoms with Crippen molar-refractivity contribution in [1.29, 1.82) is 0 Å². The van der Waals surface area contributed by atoms with Crippen molar-refractivity contribution in [2.45, 2.75) is 43.2 Å². The van der Waals surface area contributed by atoms with Gasteiger partial charge in [0.05, 0.1) is 5.75 Å². The normalized spacial score (nSPS) is 15.1. The number of hydrogen-bond acceptors (Lipinski definition) is 4. The zero-order valence-electron chi connectivity index (χ0n) is 13.8. The van der Waals surface area contributed by atoms with E-state index in [9.17, 15) is 14.0 Å². The van der Waals surface area contributed by atoms with Gasteiger partial charge in [-0.25, -0.2) is 9.37 Å². The third-order valence-electron chi connectivity index (χ3n) is 4.22. The van der Waals surface area contributed by atoms with E-state index in [4.69, 9.17) is 0 Å². The van der Waals surface area contributed by atoms with Crippen LogP contribution in [0.4, 0.5) is 4.39 Å². The average Bonchev–Trinajstić information content (AvgIpc) is 2.63. The van der Waals surface area contributed by atoms with Crippen molar-refractivity contribution in [3.05, 3.63) is 52.8 Å². The molecule has 5 nitrogen and oxygen atoms in total. The van der Waals surface area contributed by atoms with E-state index in [2.05, 4.69) is 10.3 Å². The van der Waals surface area contributed by atoms with Crippen LogP contribution in [-0.2, 0) is 4.79 Å². The standard InChI is InChI=1S/C18H20FN3O2S/c19-13-6-8-15(9-7-13)22-11-10-20-17(18(22)24)25-12-16(23)21-14-4-2-1-3-5-14/h6-11,14H,1-5,12H2,(H,21,23). The second kappa shape index (κ2) is 8.29. The van der Waals surface area contributed by atoms with Crippen LogP contribution in [0, 0.1) is 5.82 Å². The molecule has 1 aliphatic carbocycles. The fraction of sp³-hybridized carbons (Fsp3) is 0.389. The first-order chi connectivity index (χ1) is 12.1. The van der Waals surface area contributed by atoms with Gasteiger partial charge in [0.1, 0.15) is 5.82 Å². The number of halogens is 1. The molecule has 1 saturated carbocycles. The van der Waals surface area contributed by atoms with Crippen LogP contribution in [0.3, 0.4) is 0 Å². The Morgan fingerprint density at radius 2 is 1.96 bits per heavy atom. The molecule has 1 N–H and O–H groups in total. The maximum Gasteiger partial charge on any atom is 0.287 e. The van der Waals surface area contributed by atoms with Gasteiger partial charge in [-0.1, -0.05) is 31.0 Å². The van der Waals surface area contributed by atoms with Gasteiger partial charge in [-0.15, -0.1) is 0 Å². The van der Waals surface area contributed by atoms with Gasteiger partial charge in [0.25, 0.3) is 5.56 Å². The molecule has 0 aliphatic heterocycles. The fourth-order valence-corrected chi connectivity index (χ4v) is 3.66. The highest BCUT2D eigenvalue weighted by molar-refractivity contribution is 7.99. The molecular weight excluding hydrogens is 341 g/mol. The van der Waals surface area contributed by atoms with Gasteiger partial charge in [-0.05, 0) is 37.1 Å². The van der Waals surface area contributed by atoms with Crippen molar-refractivity contribution in [3.63, 3.8) is 0 Å². The molecule has 0 spiro atoms. The van der Waals surface area contributed by atoms with Crippen LogP contribution < -0.4 is 10.9 Å². The van der Waals surface area contributed by atoms with Gasteiger partial charge in [-0.3, -0.25) is 14.2 Å². The van der Waals surface area contributed by atoms with E-state index in [1.807, 2.05) is 0 Å². The Kier molecular flexibility index (Phi) is 5.86. The Hall–Kier alpha value is -2.15. The molecule has 0 saturated heterocycles. The third kappa shape index (κ3) is 4.69. The number of nitrogens with one attached hydrogen (secondary N) is 1. The second-order valence-electron chi connectivity index (χ2n) is 6.08. The summed E-state index contributed by atoms with van der Waals surface area (Å²) in [7, 11) is 0. The number of nitrogens with zero attached hydrogens (tertiary/aromatic N) is 2. The summed E-state index contributed by atoms with van der Waals surface area (Å²) in [6.07, 6.45) is 8.63. The molecule has 0 unspecified atom stereocenters. The summed E-state index contributed by atoms with van der Waals surface area (Å²) in [6, 6.07) is 5.91. The number of amides is 1. The maximum absolute atomic E-state index is 13.0. The molecule has 1 amide bonds. The van der Waals surface area contributed by atoms with Crippen molar-refractivity contribution in [2.75, 3.05) is 5.75 Å². The summed E-state index contributed by atoms with van der Waals surface area (Å²) in [6.45, 7) is 0. The predicted octanol–water partition coefficient (Wildman–Crippen LogP) is 2.91. The number of thioether (sulfide) groups is 1. The number of hydrogen-bond donors (Lipinski definition) is 1. The number of benzene rings is 1. The first-order valence-corrected chi connectivity index (χ1v) is 9.38. The lowest BCUT2D eigenvalue weighted by atomic mass is 9.95. The van der Waals surface area contributed by atoms with Crippen LogP contribution in [0.1, 0.15) is 32.1 Å². The van der Waals surface area contributed by atoms with Crippen molar-refractivity contribution < 1.29 is 9.18 Å². The van der Waals surface area contributed by atoms with Crippen molar-refractivity contribution in [1.82, 2.24) is 14.9 Å². The molecule has 1 fully saturated rings. The highest BCUT2D eigenvalue weighted by Crippen LogP contribution is 2.18. The molecule has 132 valence electrons. The van der Waals surface area contributed by atoms with E-state index in [-0.39, 0.29) is 34.1 Å². The van der Waals surface area contributed by atoms with Gasteiger partial charge in [0, 0.05) is 24.1 Å². The molecule has 0 radical (unpaired) electrons. The van der Waals surface area contributed by atoms with E-state index < -0.39 is 0 Å². The van der Waals surface area contributed by atoms with Crippen LogP contribution in [-0.4, -0.2) is 27.3 Å². The molecular formula is C18H20FN3O2S. The van der Waals surface area contributed by atoms with Crippen LogP contribution in [0.25, 0.3) is 5.69 Å². The van der Waals surface area contributed by atoms with E-state index in [1.165, 1.54) is 47.6 Å². The number of aromatic nitrogens is 2. The predicted molar refractivity (Wildman–Crippen MR) is 95.5 cm³/mol. The minimum absolute atomic E-state index is 0.0738. The molecule has 3 rings (SSSR count). The van der Waals surface area contributed by atoms with Crippen molar-refractivity contribution in [3.8, 4) is 5.69 Å². The second-order valence-corrected chi connectivity index (χ2v) is 7.04. The zero-order valence-corrected chi connectivity index (χ0v) is 14.6. The molecule has 7 heteroatoms. The monoisotopic (exact) mass is 361 g/mol. The largest absolute Gasteiger partial charge is 0.353 e. The van der Waals surface area contributed by atoms with Crippen molar-refractivity contribution >= 4 is 17.7 Å². The molecule has 1 aliphatic rings. The quantitative estimate of drug-likeness (QED) is 0.832. The summed E-state index contributed by atoms with van der Waals surface area (Å²) in [4.78, 5) is 28.7. The SMILES string of the molecule is O=C(CSc1nccn(-c2ccc(F)cc2)c1=O)NC1CCCCC1. The Labute approximate surface area is 149 Å². The lowest BCUT2D eigenvalue weighted by molar-refractivity contribution is -0.119. The van der Waals surface area contributed by atoms with E-state index in [1.54, 1.807) is 0 Å². The Morgan fingerprint density at radius 1 is 1.24 bits per heavy atom. The summed E-state index contributed by atoms with van der Waals surface area (Å²) >= 11 is 1.13. The maximum atomic E-state index is 13.0. The summed E-state index contributed by atoms with van der Waals surface area (Å²) < 4.78 is 14.4. The minimum Gasteiger partial charge on any atom is -0.353 e. The molecule has 1 heterocycles. The van der Waals surface area contributed by atoms with E-state index >= 15 is 0 Å². The van der Waals surface area contributed by atoms with Crippen molar-refractivity contribution in [2.24, 2.45) is 0 Å². The van der Waals surface area contributed by atoms with Crippen LogP contribution in [0.5, 0.6) is 0 Å². The fourth-order valence-electron chi connectivity index (χ4n) is 2.95. The molecule has 1 aromatic carbocycles. The first-order valence-electron chi connectivity index (χ1n) is 8.39. The van der Waals surface area contributed by atoms with Crippen LogP contribution in [0.15, 0.2) is 46.5 Å². The van der Waals surface area contributed by atoms with E-state index in [0.717, 1.165) is 37.4 Å². The lowest BCUT2D eigenvalue weighted by Crippen LogP contribution is -2.37. The van der Waals surface area contributed by atoms with Crippen LogP contribution in [0.2, 0.25) is 0 Å². The van der Waals surface area contributed by atoms with Crippen LogP contribution >= 0.6 is 11.8 Å². The van der Waals surface area contributed by atoms with Gasteiger partial charge in [-0.2, -0.15) is 0 Å². The summed E-state index contributed by atoms with van der Waals surface area (Å²) in [5, 5.41) is 3.28. The van der Waals surface area contributed by atoms with Gasteiger partial charge in [0.2, 0.25) is 5.91 Å². The molecule has 0 atom stereocenters. The molecule has 25 heavy (non-hydrogen) atoms. The smallest absolute Gasteiger partial charge is 0.287 e. The first kappa shape index (κ1) is 17.7. The number of rotatable bonds is 5. The third-order valence-corrected chi connectivity index (χ3v) is 5.18. The Balaban J connectivity index is 1.64. The molecule has 1 aromatic heterocycles. The number of carbonyl (C=O) groups excluding carboxylic acids is 1. The highest BCUT2D eigenvalue weighted by atomic mass is 32.2.